The highest BCUT2D eigenvalue weighted by Gasteiger charge is 2.13. The van der Waals surface area contributed by atoms with Crippen LogP contribution in [0.25, 0.3) is 17.2 Å². The highest BCUT2D eigenvalue weighted by atomic mass is 16.4. The lowest BCUT2D eigenvalue weighted by Gasteiger charge is -2.04. The molecule has 4 aromatic rings. The molecule has 0 aliphatic rings. The quantitative estimate of drug-likeness (QED) is 0.599. The van der Waals surface area contributed by atoms with E-state index < -0.39 is 0 Å². The van der Waals surface area contributed by atoms with Gasteiger partial charge in [-0.3, -0.25) is 4.79 Å². The number of amides is 1. The monoisotopic (exact) mass is 349 g/mol. The third-order valence-electron chi connectivity index (χ3n) is 3.73. The Morgan fingerprint density at radius 2 is 2.12 bits per heavy atom. The van der Waals surface area contributed by atoms with Gasteiger partial charge in [0.05, 0.1) is 6.42 Å². The summed E-state index contributed by atoms with van der Waals surface area (Å²) in [6.07, 6.45) is 1.31. The maximum atomic E-state index is 12.3. The first-order valence-electron chi connectivity index (χ1n) is 7.95. The number of carbonyl (C=O) groups excluding carboxylic acids is 1. The van der Waals surface area contributed by atoms with E-state index in [1.54, 1.807) is 22.7 Å². The third kappa shape index (κ3) is 3.14. The van der Waals surface area contributed by atoms with Crippen LogP contribution >= 0.6 is 0 Å². The Hall–Kier alpha value is -3.62. The van der Waals surface area contributed by atoms with E-state index >= 15 is 0 Å². The first kappa shape index (κ1) is 15.9. The molecular formula is C17H15N7O2. The lowest BCUT2D eigenvalue weighted by molar-refractivity contribution is -0.115. The molecule has 0 radical (unpaired) electrons. The van der Waals surface area contributed by atoms with Crippen LogP contribution in [0.3, 0.4) is 0 Å². The summed E-state index contributed by atoms with van der Waals surface area (Å²) in [6.45, 7) is 3.81. The molecule has 1 N–H and O–H groups in total. The maximum absolute atomic E-state index is 12.3. The maximum Gasteiger partial charge on any atom is 0.252 e. The minimum absolute atomic E-state index is 0.0482. The molecule has 4 rings (SSSR count). The van der Waals surface area contributed by atoms with Gasteiger partial charge in [-0.25, -0.2) is 9.50 Å². The van der Waals surface area contributed by atoms with Gasteiger partial charge in [0.2, 0.25) is 18.2 Å². The van der Waals surface area contributed by atoms with Gasteiger partial charge in [0.25, 0.3) is 5.78 Å². The van der Waals surface area contributed by atoms with Crippen molar-refractivity contribution in [1.29, 1.82) is 0 Å². The van der Waals surface area contributed by atoms with Crippen molar-refractivity contribution < 1.29 is 9.21 Å². The summed E-state index contributed by atoms with van der Waals surface area (Å²) in [5.74, 6) is 1.07. The number of fused-ring (bicyclic) bond motifs is 1. The minimum atomic E-state index is -0.224. The summed E-state index contributed by atoms with van der Waals surface area (Å²) in [7, 11) is 0. The van der Waals surface area contributed by atoms with Gasteiger partial charge < -0.3 is 9.73 Å². The van der Waals surface area contributed by atoms with Gasteiger partial charge in [0.1, 0.15) is 0 Å². The Morgan fingerprint density at radius 3 is 2.92 bits per heavy atom. The molecule has 3 aromatic heterocycles. The number of hydrogen-bond donors (Lipinski definition) is 1. The molecule has 9 nitrogen and oxygen atoms in total. The smallest absolute Gasteiger partial charge is 0.252 e. The average Bonchev–Trinajstić information content (AvgIpc) is 3.24. The molecule has 0 aliphatic carbocycles. The molecule has 0 spiro atoms. The summed E-state index contributed by atoms with van der Waals surface area (Å²) in [6, 6.07) is 9.08. The highest BCUT2D eigenvalue weighted by Crippen LogP contribution is 2.20. The van der Waals surface area contributed by atoms with Crippen molar-refractivity contribution in [2.24, 2.45) is 0 Å². The number of carbonyl (C=O) groups is 1. The van der Waals surface area contributed by atoms with E-state index in [1.165, 1.54) is 6.39 Å². The van der Waals surface area contributed by atoms with Crippen LogP contribution in [-0.4, -0.2) is 35.7 Å². The third-order valence-corrected chi connectivity index (χ3v) is 3.73. The molecule has 0 atom stereocenters. The summed E-state index contributed by atoms with van der Waals surface area (Å²) in [4.78, 5) is 21.0. The molecule has 0 saturated carbocycles. The first-order chi connectivity index (χ1) is 12.6. The number of nitrogens with zero attached hydrogens (tertiary/aromatic N) is 6. The van der Waals surface area contributed by atoms with E-state index in [1.807, 2.05) is 26.0 Å². The molecule has 0 unspecified atom stereocenters. The Morgan fingerprint density at radius 1 is 1.23 bits per heavy atom. The second-order valence-corrected chi connectivity index (χ2v) is 5.83. The zero-order chi connectivity index (χ0) is 18.1. The van der Waals surface area contributed by atoms with E-state index in [4.69, 9.17) is 4.42 Å². The predicted octanol–water partition coefficient (Wildman–Crippen LogP) is 1.97. The van der Waals surface area contributed by atoms with Crippen molar-refractivity contribution in [3.8, 4) is 11.5 Å². The fraction of sp³-hybridized carbons (Fsp3) is 0.176. The number of rotatable bonds is 4. The van der Waals surface area contributed by atoms with Crippen molar-refractivity contribution in [1.82, 2.24) is 29.8 Å². The number of hydrogen-bond acceptors (Lipinski definition) is 7. The van der Waals surface area contributed by atoms with Crippen molar-refractivity contribution in [2.45, 2.75) is 20.3 Å². The van der Waals surface area contributed by atoms with Gasteiger partial charge >= 0.3 is 0 Å². The SMILES string of the molecule is Cc1cc(C)n2nc(CC(=O)Nc3cccc(-c4nnco4)c3)nc2n1. The van der Waals surface area contributed by atoms with E-state index in [9.17, 15) is 4.79 Å². The largest absolute Gasteiger partial charge is 0.423 e. The predicted molar refractivity (Wildman–Crippen MR) is 92.3 cm³/mol. The number of benzene rings is 1. The number of nitrogens with one attached hydrogen (secondary N) is 1. The van der Waals surface area contributed by atoms with Crippen LogP contribution in [0.2, 0.25) is 0 Å². The van der Waals surface area contributed by atoms with Crippen LogP contribution < -0.4 is 5.32 Å². The van der Waals surface area contributed by atoms with Crippen molar-refractivity contribution >= 4 is 17.4 Å². The number of anilines is 1. The summed E-state index contributed by atoms with van der Waals surface area (Å²) in [5, 5.41) is 14.7. The molecular weight excluding hydrogens is 334 g/mol. The second kappa shape index (κ2) is 6.36. The molecule has 3 heterocycles. The molecule has 0 fully saturated rings. The van der Waals surface area contributed by atoms with Crippen molar-refractivity contribution in [2.75, 3.05) is 5.32 Å². The van der Waals surface area contributed by atoms with Gasteiger partial charge in [0, 0.05) is 22.6 Å². The normalized spacial score (nSPS) is 11.0. The standard InChI is InChI=1S/C17H15N7O2/c1-10-6-11(2)24-17(19-10)21-14(23-24)8-15(25)20-13-5-3-4-12(7-13)16-22-18-9-26-16/h3-7,9H,8H2,1-2H3,(H,20,25). The van der Waals surface area contributed by atoms with Crippen LogP contribution in [0.1, 0.15) is 17.2 Å². The fourth-order valence-electron chi connectivity index (χ4n) is 2.66. The van der Waals surface area contributed by atoms with E-state index in [0.717, 1.165) is 17.0 Å². The Labute approximate surface area is 148 Å². The lowest BCUT2D eigenvalue weighted by atomic mass is 10.2. The fourth-order valence-corrected chi connectivity index (χ4v) is 2.66. The van der Waals surface area contributed by atoms with Crippen LogP contribution in [-0.2, 0) is 11.2 Å². The molecule has 1 aromatic carbocycles. The zero-order valence-corrected chi connectivity index (χ0v) is 14.2. The van der Waals surface area contributed by atoms with E-state index in [0.29, 0.717) is 23.2 Å². The summed E-state index contributed by atoms with van der Waals surface area (Å²) in [5.41, 5.74) is 3.12. The number of aromatic nitrogens is 6. The second-order valence-electron chi connectivity index (χ2n) is 5.83. The molecule has 130 valence electrons. The highest BCUT2D eigenvalue weighted by molar-refractivity contribution is 5.92. The van der Waals surface area contributed by atoms with Gasteiger partial charge in [0.15, 0.2) is 5.82 Å². The Kier molecular flexibility index (Phi) is 3.88. The van der Waals surface area contributed by atoms with Crippen LogP contribution in [0.15, 0.2) is 41.1 Å². The van der Waals surface area contributed by atoms with Gasteiger partial charge in [-0.1, -0.05) is 6.07 Å². The van der Waals surface area contributed by atoms with E-state index in [2.05, 4.69) is 30.6 Å². The molecule has 0 aliphatic heterocycles. The van der Waals surface area contributed by atoms with Crippen LogP contribution in [0, 0.1) is 13.8 Å². The average molecular weight is 349 g/mol. The minimum Gasteiger partial charge on any atom is -0.423 e. The van der Waals surface area contributed by atoms with Gasteiger partial charge in [-0.05, 0) is 38.1 Å². The lowest BCUT2D eigenvalue weighted by Crippen LogP contribution is -2.15. The van der Waals surface area contributed by atoms with Gasteiger partial charge in [-0.15, -0.1) is 15.3 Å². The topological polar surface area (TPSA) is 111 Å². The van der Waals surface area contributed by atoms with Crippen molar-refractivity contribution in [3.05, 3.63) is 53.9 Å². The van der Waals surface area contributed by atoms with Gasteiger partial charge in [-0.2, -0.15) is 4.98 Å². The molecule has 26 heavy (non-hydrogen) atoms. The van der Waals surface area contributed by atoms with Crippen LogP contribution in [0.5, 0.6) is 0 Å². The summed E-state index contributed by atoms with van der Waals surface area (Å²) >= 11 is 0. The van der Waals surface area contributed by atoms with Crippen molar-refractivity contribution in [3.63, 3.8) is 0 Å². The van der Waals surface area contributed by atoms with E-state index in [-0.39, 0.29) is 12.3 Å². The first-order valence-corrected chi connectivity index (χ1v) is 7.95. The molecule has 9 heteroatoms. The molecule has 0 saturated heterocycles. The summed E-state index contributed by atoms with van der Waals surface area (Å²) < 4.78 is 6.80. The Balaban J connectivity index is 1.51. The molecule has 1 amide bonds. The zero-order valence-electron chi connectivity index (χ0n) is 14.2. The molecule has 0 bridgehead atoms. The number of aryl methyl sites for hydroxylation is 2. The van der Waals surface area contributed by atoms with Crippen LogP contribution in [0.4, 0.5) is 5.69 Å². The Bertz CT molecular complexity index is 1090.